The minimum atomic E-state index is -3.67. The predicted octanol–water partition coefficient (Wildman–Crippen LogP) is -0.0518. The van der Waals surface area contributed by atoms with Gasteiger partial charge in [-0.25, -0.2) is 4.39 Å². The van der Waals surface area contributed by atoms with Gasteiger partial charge < -0.3 is 5.11 Å². The third-order valence-electron chi connectivity index (χ3n) is 0.0423. The summed E-state index contributed by atoms with van der Waals surface area (Å²) in [7, 11) is 0. The van der Waals surface area contributed by atoms with Gasteiger partial charge in [0, 0.05) is 0 Å². The van der Waals surface area contributed by atoms with E-state index in [1.54, 1.807) is 0 Å². The van der Waals surface area contributed by atoms with Crippen molar-refractivity contribution in [2.24, 2.45) is 0 Å². The van der Waals surface area contributed by atoms with Crippen LogP contribution in [0.3, 0.4) is 0 Å². The second kappa shape index (κ2) is 2.89. The highest BCUT2D eigenvalue weighted by Crippen LogP contribution is 1.54. The van der Waals surface area contributed by atoms with Crippen LogP contribution in [-0.4, -0.2) is 18.3 Å². The van der Waals surface area contributed by atoms with Gasteiger partial charge in [0.05, 0.1) is 12.0 Å². The van der Waals surface area contributed by atoms with Gasteiger partial charge in [0.2, 0.25) is 0 Å². The topological polar surface area (TPSA) is 20.2 Å². The fraction of sp³-hybridized carbons (Fsp3) is 1.00. The van der Waals surface area contributed by atoms with Crippen molar-refractivity contribution in [1.82, 2.24) is 0 Å². The van der Waals surface area contributed by atoms with E-state index >= 15 is 0 Å². The Labute approximate surface area is 29.7 Å². The first-order valence-electron chi connectivity index (χ1n) is 2.66. The molecule has 0 aliphatic heterocycles. The largest absolute Gasteiger partial charge is 0.394 e. The number of halogens is 1. The van der Waals surface area contributed by atoms with Crippen molar-refractivity contribution in [3.63, 3.8) is 0 Å². The molecular weight excluding hydrogens is 59.0 g/mol. The van der Waals surface area contributed by atoms with Crippen LogP contribution in [-0.2, 0) is 0 Å². The van der Waals surface area contributed by atoms with Crippen LogP contribution in [0, 0.1) is 0 Å². The molecule has 4 heavy (non-hydrogen) atoms. The summed E-state index contributed by atoms with van der Waals surface area (Å²) in [5, 5.41) is 7.94. The van der Waals surface area contributed by atoms with Crippen molar-refractivity contribution in [3.8, 4) is 0 Å². The first kappa shape index (κ1) is 0.684. The Kier molecular flexibility index (Phi) is 0.494. The van der Waals surface area contributed by atoms with Crippen molar-refractivity contribution in [3.05, 3.63) is 0 Å². The monoisotopic (exact) mass is 68.1 g/mol. The van der Waals surface area contributed by atoms with Crippen LogP contribution in [0.15, 0.2) is 0 Å². The molecular formula is C2H5FO. The number of hydrogen-bond acceptors (Lipinski definition) is 1. The summed E-state index contributed by atoms with van der Waals surface area (Å²) < 4.78 is 35.6. The molecule has 1 nitrogen and oxygen atoms in total. The fourth-order valence-corrected chi connectivity index (χ4v) is 0. The van der Waals surface area contributed by atoms with Gasteiger partial charge in [0.15, 0.2) is 0 Å². The van der Waals surface area contributed by atoms with E-state index < -0.39 is 13.2 Å². The molecule has 26 valence electrons. The molecule has 0 fully saturated rings. The van der Waals surface area contributed by atoms with Crippen LogP contribution in [0.1, 0.15) is 5.48 Å². The Morgan fingerprint density at radius 2 is 2.50 bits per heavy atom. The molecule has 0 heterocycles. The molecule has 0 aromatic carbocycles. The standard InChI is InChI=1S/C2H5FO/c3-1-2-4/h4H,1-2H2/i1D2,2D2. The Hall–Kier alpha value is -0.110. The summed E-state index contributed by atoms with van der Waals surface area (Å²) in [4.78, 5) is 0. The minimum absolute atomic E-state index is 3.40. The zero-order chi connectivity index (χ0) is 7.00. The Bertz CT molecular complexity index is 69.0. The molecule has 0 atom stereocenters. The molecule has 0 amide bonds. The van der Waals surface area contributed by atoms with E-state index in [4.69, 9.17) is 10.6 Å². The minimum Gasteiger partial charge on any atom is -0.394 e. The first-order valence-corrected chi connectivity index (χ1v) is 0.663. The van der Waals surface area contributed by atoms with Gasteiger partial charge in [-0.15, -0.1) is 0 Å². The Morgan fingerprint density at radius 1 is 2.25 bits per heavy atom. The van der Waals surface area contributed by atoms with Gasteiger partial charge in [-0.2, -0.15) is 0 Å². The van der Waals surface area contributed by atoms with Crippen LogP contribution in [0.4, 0.5) is 4.39 Å². The van der Waals surface area contributed by atoms with Crippen molar-refractivity contribution in [1.29, 1.82) is 0 Å². The summed E-state index contributed by atoms with van der Waals surface area (Å²) in [5.74, 6) is 0. The number of alkyl halides is 1. The van der Waals surface area contributed by atoms with E-state index in [0.29, 0.717) is 0 Å². The molecule has 0 rings (SSSR count). The Morgan fingerprint density at radius 3 is 2.50 bits per heavy atom. The van der Waals surface area contributed by atoms with Crippen LogP contribution in [0.5, 0.6) is 0 Å². The average Bonchev–Trinajstić information content (AvgIpc) is 1.25. The summed E-state index contributed by atoms with van der Waals surface area (Å²) in [5.41, 5.74) is 0. The van der Waals surface area contributed by atoms with E-state index in [2.05, 4.69) is 0 Å². The van der Waals surface area contributed by atoms with Crippen LogP contribution in [0.2, 0.25) is 0 Å². The molecule has 0 unspecified atom stereocenters. The summed E-state index contributed by atoms with van der Waals surface area (Å²) >= 11 is 0. The second-order valence-electron chi connectivity index (χ2n) is 0.206. The van der Waals surface area contributed by atoms with Gasteiger partial charge in [-0.05, 0) is 0 Å². The van der Waals surface area contributed by atoms with Crippen molar-refractivity contribution in [2.75, 3.05) is 13.2 Å². The van der Waals surface area contributed by atoms with Gasteiger partial charge in [-0.3, -0.25) is 0 Å². The third kappa shape index (κ3) is 1.89. The molecule has 0 bridgehead atoms. The van der Waals surface area contributed by atoms with E-state index in [1.807, 2.05) is 0 Å². The zero-order valence-corrected chi connectivity index (χ0v) is 1.83. The third-order valence-corrected chi connectivity index (χ3v) is 0.0423. The molecule has 0 aliphatic carbocycles. The molecule has 0 aromatic rings. The maximum atomic E-state index is 11.6. The molecule has 0 radical (unpaired) electrons. The van der Waals surface area contributed by atoms with Crippen LogP contribution >= 0.6 is 0 Å². The molecule has 0 aromatic heterocycles. The smallest absolute Gasteiger partial charge is 0.112 e. The highest BCUT2D eigenvalue weighted by molar-refractivity contribution is 4.08. The van der Waals surface area contributed by atoms with E-state index in [9.17, 15) is 4.39 Å². The summed E-state index contributed by atoms with van der Waals surface area (Å²) in [6, 6.07) is 0. The molecule has 1 N–H and O–H groups in total. The van der Waals surface area contributed by atoms with Crippen LogP contribution in [0.25, 0.3) is 0 Å². The van der Waals surface area contributed by atoms with E-state index in [-0.39, 0.29) is 0 Å². The zero-order valence-electron chi connectivity index (χ0n) is 5.83. The summed E-state index contributed by atoms with van der Waals surface area (Å²) in [6.07, 6.45) is 0. The van der Waals surface area contributed by atoms with Gasteiger partial charge in [-0.1, -0.05) is 0 Å². The van der Waals surface area contributed by atoms with E-state index in [1.165, 1.54) is 0 Å². The van der Waals surface area contributed by atoms with E-state index in [0.717, 1.165) is 0 Å². The average molecular weight is 68.1 g/mol. The molecule has 0 saturated heterocycles. The number of rotatable bonds is 1. The first-order chi connectivity index (χ1) is 3.25. The van der Waals surface area contributed by atoms with Gasteiger partial charge in [0.1, 0.15) is 6.63 Å². The molecule has 0 spiro atoms. The lowest BCUT2D eigenvalue weighted by atomic mass is 10.9. The van der Waals surface area contributed by atoms with Crippen LogP contribution < -0.4 is 0 Å². The second-order valence-corrected chi connectivity index (χ2v) is 0.206. The SMILES string of the molecule is [2H]C([2H])(O)C([2H])([2H])F. The molecule has 0 saturated carbocycles. The lowest BCUT2D eigenvalue weighted by molar-refractivity contribution is 0.253. The molecule has 0 aliphatic rings. The normalized spacial score (nSPS) is 29.5. The maximum Gasteiger partial charge on any atom is 0.112 e. The number of aliphatic hydroxyl groups is 1. The van der Waals surface area contributed by atoms with Gasteiger partial charge >= 0.3 is 0 Å². The fourth-order valence-electron chi connectivity index (χ4n) is 0. The number of hydrogen-bond donors (Lipinski definition) is 1. The maximum absolute atomic E-state index is 11.6. The predicted molar refractivity (Wildman–Crippen MR) is 13.1 cm³/mol. The van der Waals surface area contributed by atoms with Crippen molar-refractivity contribution < 1.29 is 15.0 Å². The molecule has 2 heteroatoms. The lowest BCUT2D eigenvalue weighted by Crippen LogP contribution is -1.77. The van der Waals surface area contributed by atoms with Crippen molar-refractivity contribution >= 4 is 0 Å². The van der Waals surface area contributed by atoms with Crippen molar-refractivity contribution in [2.45, 2.75) is 0 Å². The lowest BCUT2D eigenvalue weighted by Gasteiger charge is -1.66. The summed E-state index contributed by atoms with van der Waals surface area (Å²) in [6.45, 7) is -7.07. The Balaban J connectivity index is 4.02. The highest BCUT2D eigenvalue weighted by atomic mass is 19.1. The van der Waals surface area contributed by atoms with Gasteiger partial charge in [0.25, 0.3) is 0 Å². The highest BCUT2D eigenvalue weighted by Gasteiger charge is 1.61. The quantitative estimate of drug-likeness (QED) is 0.456.